The van der Waals surface area contributed by atoms with E-state index in [0.717, 1.165) is 0 Å². The highest BCUT2D eigenvalue weighted by atomic mass is 18.2. The van der Waals surface area contributed by atoms with Gasteiger partial charge in [0, 0.05) is 0 Å². The third-order valence-corrected chi connectivity index (χ3v) is 0.126. The van der Waals surface area contributed by atoms with Gasteiger partial charge in [-0.3, -0.25) is 0 Å². The Bertz CT molecular complexity index is 18.5. The molecule has 0 aliphatic rings. The lowest BCUT2D eigenvalue weighted by Gasteiger charge is -1.45. The molecular formula is C3H5F. The molecule has 24 valence electrons. The van der Waals surface area contributed by atoms with Crippen molar-refractivity contribution >= 4 is 0 Å². The van der Waals surface area contributed by atoms with E-state index in [1.807, 2.05) is 0 Å². The van der Waals surface area contributed by atoms with E-state index in [4.69, 9.17) is 0 Å². The first kappa shape index (κ1) is 3.67. The lowest BCUT2D eigenvalue weighted by atomic mass is 10.8. The second-order valence-electron chi connectivity index (χ2n) is 0.459. The fourth-order valence-corrected chi connectivity index (χ4v) is 0. The van der Waals surface area contributed by atoms with Crippen molar-refractivity contribution in [3.05, 3.63) is 12.4 Å². The fraction of sp³-hybridized carbons (Fsp3) is 0.333. The van der Waals surface area contributed by atoms with Crippen LogP contribution in [-0.4, -0.2) is 0 Å². The zero-order valence-corrected chi connectivity index (χ0v) is 2.53. The molecule has 0 atom stereocenters. The molecule has 0 aromatic carbocycles. The maximum atomic E-state index is 10.5. The first-order valence-corrected chi connectivity index (χ1v) is 1.13. The average Bonchev–Trinajstić information content (AvgIpc) is 1.37. The molecule has 0 N–H and O–H groups in total. The molecule has 0 spiro atoms. The first-order chi connectivity index (χ1) is 1.91. The lowest BCUT2D eigenvalue weighted by Crippen LogP contribution is -1.22. The Kier molecular flexibility index (Phi) is 2.45. The minimum absolute atomic E-state index is 0.500. The van der Waals surface area contributed by atoms with E-state index < -0.39 is 0 Å². The van der Waals surface area contributed by atoms with E-state index in [1.165, 1.54) is 6.08 Å². The number of halogens is 1. The van der Waals surface area contributed by atoms with Gasteiger partial charge in [0.2, 0.25) is 0 Å². The smallest absolute Gasteiger partial charge is 0.0824 e. The Labute approximate surface area is 24.9 Å². The molecule has 4 heavy (non-hydrogen) atoms. The van der Waals surface area contributed by atoms with Gasteiger partial charge in [-0.1, -0.05) is 6.08 Å². The van der Waals surface area contributed by atoms with E-state index in [1.54, 1.807) is 6.92 Å². The zero-order valence-electron chi connectivity index (χ0n) is 2.53. The summed E-state index contributed by atoms with van der Waals surface area (Å²) in [5.74, 6) is 0. The Hall–Kier alpha value is -0.330. The zero-order chi connectivity index (χ0) is 3.41. The summed E-state index contributed by atoms with van der Waals surface area (Å²) in [6.45, 7) is 1.62. The molecule has 0 bridgehead atoms. The van der Waals surface area contributed by atoms with Crippen LogP contribution in [0.4, 0.5) is 4.39 Å². The van der Waals surface area contributed by atoms with Crippen LogP contribution in [0.25, 0.3) is 0 Å². The fourth-order valence-electron chi connectivity index (χ4n) is 0. The van der Waals surface area contributed by atoms with Gasteiger partial charge in [0.15, 0.2) is 0 Å². The van der Waals surface area contributed by atoms with Gasteiger partial charge in [0.1, 0.15) is 0 Å². The summed E-state index contributed by atoms with van der Waals surface area (Å²) in [5, 5.41) is 0. The predicted octanol–water partition coefficient (Wildman–Crippen LogP) is 1.49. The normalized spacial score (nSPS) is 9.50. The highest BCUT2D eigenvalue weighted by Gasteiger charge is 1.38. The van der Waals surface area contributed by atoms with Crippen LogP contribution in [-0.2, 0) is 0 Å². The summed E-state index contributed by atoms with van der Waals surface area (Å²) in [5.41, 5.74) is 0. The minimum Gasteiger partial charge on any atom is -0.216 e. The highest BCUT2D eigenvalue weighted by molar-refractivity contribution is 4.61. The standard InChI is InChI=1S/C3H5F/c1-2-3-4/h2-3H,1H3/b3-2-/i4-1. The predicted molar refractivity (Wildman–Crippen MR) is 15.9 cm³/mol. The molecule has 0 saturated heterocycles. The largest absolute Gasteiger partial charge is 0.216 e. The second kappa shape index (κ2) is 2.67. The van der Waals surface area contributed by atoms with Gasteiger partial charge in [-0.25, -0.2) is 4.39 Å². The number of hydrogen-bond donors (Lipinski definition) is 0. The Morgan fingerprint density at radius 2 is 2.00 bits per heavy atom. The third kappa shape index (κ3) is 1.67. The molecular weight excluding hydrogens is 54.0 g/mol. The van der Waals surface area contributed by atoms with Crippen LogP contribution >= 0.6 is 0 Å². The maximum Gasteiger partial charge on any atom is 0.0824 e. The van der Waals surface area contributed by atoms with E-state index >= 15 is 0 Å². The molecule has 0 saturated carbocycles. The van der Waals surface area contributed by atoms with Gasteiger partial charge in [0.05, 0.1) is 6.33 Å². The van der Waals surface area contributed by atoms with Crippen LogP contribution in [0.15, 0.2) is 12.4 Å². The average molecular weight is 59.1 g/mol. The summed E-state index contributed by atoms with van der Waals surface area (Å²) in [6.07, 6.45) is 1.83. The monoisotopic (exact) mass is 59.0 g/mol. The Morgan fingerprint density at radius 1 is 1.75 bits per heavy atom. The molecule has 0 aliphatic heterocycles. The minimum atomic E-state index is 0.500. The van der Waals surface area contributed by atoms with E-state index in [-0.39, 0.29) is 0 Å². The number of rotatable bonds is 0. The third-order valence-electron chi connectivity index (χ3n) is 0.126. The van der Waals surface area contributed by atoms with Crippen LogP contribution in [0.5, 0.6) is 0 Å². The summed E-state index contributed by atoms with van der Waals surface area (Å²) in [4.78, 5) is 0. The van der Waals surface area contributed by atoms with Gasteiger partial charge in [-0.15, -0.1) is 0 Å². The van der Waals surface area contributed by atoms with Crippen LogP contribution in [0, 0.1) is 0 Å². The molecule has 0 unspecified atom stereocenters. The van der Waals surface area contributed by atoms with Crippen LogP contribution < -0.4 is 0 Å². The summed E-state index contributed by atoms with van der Waals surface area (Å²) in [7, 11) is 0. The SMILES string of the molecule is C/C=C\[18F]. The summed E-state index contributed by atoms with van der Waals surface area (Å²) >= 11 is 0. The van der Waals surface area contributed by atoms with Gasteiger partial charge in [0.25, 0.3) is 0 Å². The van der Waals surface area contributed by atoms with Crippen molar-refractivity contribution in [2.24, 2.45) is 0 Å². The second-order valence-corrected chi connectivity index (χ2v) is 0.459. The molecule has 0 radical (unpaired) electrons. The maximum absolute atomic E-state index is 10.5. The molecule has 0 heterocycles. The molecule has 0 amide bonds. The van der Waals surface area contributed by atoms with Crippen molar-refractivity contribution in [3.63, 3.8) is 0 Å². The van der Waals surface area contributed by atoms with Crippen molar-refractivity contribution in [1.29, 1.82) is 0 Å². The van der Waals surface area contributed by atoms with Crippen LogP contribution in [0.2, 0.25) is 0 Å². The molecule has 1 heteroatoms. The lowest BCUT2D eigenvalue weighted by molar-refractivity contribution is 0.719. The molecule has 0 fully saturated rings. The van der Waals surface area contributed by atoms with Crippen LogP contribution in [0.1, 0.15) is 6.92 Å². The van der Waals surface area contributed by atoms with Gasteiger partial charge < -0.3 is 0 Å². The topological polar surface area (TPSA) is 0 Å². The van der Waals surface area contributed by atoms with E-state index in [0.29, 0.717) is 6.33 Å². The molecule has 0 aromatic rings. The van der Waals surface area contributed by atoms with Crippen molar-refractivity contribution in [2.45, 2.75) is 6.92 Å². The summed E-state index contributed by atoms with van der Waals surface area (Å²) in [6, 6.07) is 0. The van der Waals surface area contributed by atoms with Gasteiger partial charge >= 0.3 is 0 Å². The Morgan fingerprint density at radius 3 is 2.00 bits per heavy atom. The summed E-state index contributed by atoms with van der Waals surface area (Å²) < 4.78 is 10.5. The highest BCUT2D eigenvalue weighted by Crippen LogP contribution is 1.62. The van der Waals surface area contributed by atoms with Crippen molar-refractivity contribution in [1.82, 2.24) is 0 Å². The van der Waals surface area contributed by atoms with Crippen LogP contribution in [0.3, 0.4) is 0 Å². The first-order valence-electron chi connectivity index (χ1n) is 1.13. The van der Waals surface area contributed by atoms with Crippen molar-refractivity contribution in [3.8, 4) is 0 Å². The van der Waals surface area contributed by atoms with Gasteiger partial charge in [-0.2, -0.15) is 0 Å². The Balaban J connectivity index is 2.55. The molecule has 0 aliphatic carbocycles. The molecule has 0 nitrogen and oxygen atoms in total. The number of allylic oxidation sites excluding steroid dienone is 1. The van der Waals surface area contributed by atoms with E-state index in [9.17, 15) is 4.39 Å². The molecule has 0 aromatic heterocycles. The number of hydrogen-bond acceptors (Lipinski definition) is 0. The van der Waals surface area contributed by atoms with E-state index in [2.05, 4.69) is 0 Å². The quantitative estimate of drug-likeness (QED) is 0.396. The van der Waals surface area contributed by atoms with Crippen molar-refractivity contribution in [2.75, 3.05) is 0 Å². The van der Waals surface area contributed by atoms with Crippen molar-refractivity contribution < 1.29 is 4.39 Å². The molecule has 0 rings (SSSR count). The van der Waals surface area contributed by atoms with Gasteiger partial charge in [-0.05, 0) is 6.92 Å².